The van der Waals surface area contributed by atoms with Crippen molar-refractivity contribution in [3.63, 3.8) is 0 Å². The second kappa shape index (κ2) is 9.24. The Morgan fingerprint density at radius 1 is 0.906 bits per heavy atom. The molecule has 4 rings (SSSR count). The summed E-state index contributed by atoms with van der Waals surface area (Å²) in [7, 11) is 0. The highest BCUT2D eigenvalue weighted by atomic mass is 16.8. The van der Waals surface area contributed by atoms with E-state index in [9.17, 15) is 30.4 Å². The fraction of sp³-hybridized carbons (Fsp3) is 0.400. The van der Waals surface area contributed by atoms with Crippen LogP contribution in [-0.2, 0) is 18.9 Å². The topological polar surface area (TPSA) is 164 Å². The van der Waals surface area contributed by atoms with Crippen LogP contribution in [0.4, 0.5) is 11.4 Å². The first-order valence-electron chi connectivity index (χ1n) is 9.73. The third-order valence-electron chi connectivity index (χ3n) is 5.26. The molecule has 2 fully saturated rings. The summed E-state index contributed by atoms with van der Waals surface area (Å²) in [5.41, 5.74) is 0.483. The molecule has 2 saturated heterocycles. The molecule has 2 heterocycles. The van der Waals surface area contributed by atoms with Crippen molar-refractivity contribution in [2.45, 2.75) is 37.0 Å². The molecule has 0 bridgehead atoms. The number of hydrogen-bond acceptors (Lipinski definition) is 10. The van der Waals surface area contributed by atoms with Crippen LogP contribution >= 0.6 is 0 Å². The van der Waals surface area contributed by atoms with E-state index >= 15 is 0 Å². The minimum Gasteiger partial charge on any atom is -0.394 e. The average molecular weight is 448 g/mol. The maximum atomic E-state index is 11.1. The highest BCUT2D eigenvalue weighted by molar-refractivity contribution is 5.36. The summed E-state index contributed by atoms with van der Waals surface area (Å²) in [5, 5.41) is 42.4. The standard InChI is InChI=1S/C20H20N2O10/c23-9-15-17(24)18(32-20(30-15)12-4-2-6-14(8-12)22(27)28)16-10-29-19(31-16)11-3-1-5-13(7-11)21(25)26/h1-8,15-20,23-24H,9-10H2/t15-,16+,17-,18-,19?,20?/m0/s1. The van der Waals surface area contributed by atoms with E-state index in [1.54, 1.807) is 12.1 Å². The van der Waals surface area contributed by atoms with Crippen molar-refractivity contribution >= 4 is 11.4 Å². The molecule has 6 atom stereocenters. The summed E-state index contributed by atoms with van der Waals surface area (Å²) in [6, 6.07) is 11.4. The molecule has 0 saturated carbocycles. The molecule has 2 aromatic rings. The van der Waals surface area contributed by atoms with Gasteiger partial charge in [0, 0.05) is 35.4 Å². The lowest BCUT2D eigenvalue weighted by Gasteiger charge is -2.40. The monoisotopic (exact) mass is 448 g/mol. The molecule has 2 aliphatic heterocycles. The Morgan fingerprint density at radius 2 is 1.50 bits per heavy atom. The molecule has 32 heavy (non-hydrogen) atoms. The van der Waals surface area contributed by atoms with Gasteiger partial charge in [-0.2, -0.15) is 0 Å². The van der Waals surface area contributed by atoms with Gasteiger partial charge in [-0.1, -0.05) is 24.3 Å². The average Bonchev–Trinajstić information content (AvgIpc) is 3.29. The van der Waals surface area contributed by atoms with Crippen LogP contribution < -0.4 is 0 Å². The van der Waals surface area contributed by atoms with Crippen LogP contribution in [0.3, 0.4) is 0 Å². The van der Waals surface area contributed by atoms with Crippen LogP contribution in [0.2, 0.25) is 0 Å². The molecule has 0 aromatic heterocycles. The number of ether oxygens (including phenoxy) is 4. The summed E-state index contributed by atoms with van der Waals surface area (Å²) in [5.74, 6) is 0. The summed E-state index contributed by atoms with van der Waals surface area (Å²) in [4.78, 5) is 21.0. The zero-order valence-corrected chi connectivity index (χ0v) is 16.6. The largest absolute Gasteiger partial charge is 0.394 e. The zero-order valence-electron chi connectivity index (χ0n) is 16.6. The molecule has 2 unspecified atom stereocenters. The summed E-state index contributed by atoms with van der Waals surface area (Å²) >= 11 is 0. The number of benzene rings is 2. The van der Waals surface area contributed by atoms with Gasteiger partial charge in [0.2, 0.25) is 0 Å². The molecular weight excluding hydrogens is 428 g/mol. The van der Waals surface area contributed by atoms with Gasteiger partial charge in [-0.3, -0.25) is 20.2 Å². The maximum absolute atomic E-state index is 11.1. The second-order valence-electron chi connectivity index (χ2n) is 7.32. The third-order valence-corrected chi connectivity index (χ3v) is 5.26. The number of nitro benzene ring substituents is 2. The van der Waals surface area contributed by atoms with Crippen molar-refractivity contribution in [2.75, 3.05) is 13.2 Å². The molecule has 0 radical (unpaired) electrons. The Balaban J connectivity index is 1.53. The lowest BCUT2D eigenvalue weighted by molar-refractivity contribution is -0.385. The smallest absolute Gasteiger partial charge is 0.269 e. The number of aliphatic hydroxyl groups excluding tert-OH is 2. The Labute approximate surface area is 181 Å². The van der Waals surface area contributed by atoms with E-state index in [0.717, 1.165) is 0 Å². The Bertz CT molecular complexity index is 1000. The Morgan fingerprint density at radius 3 is 2.06 bits per heavy atom. The molecule has 170 valence electrons. The van der Waals surface area contributed by atoms with Gasteiger partial charge in [0.15, 0.2) is 12.6 Å². The normalized spacial score (nSPS) is 30.2. The quantitative estimate of drug-likeness (QED) is 0.491. The van der Waals surface area contributed by atoms with Crippen molar-refractivity contribution in [3.8, 4) is 0 Å². The molecule has 2 aliphatic rings. The van der Waals surface area contributed by atoms with Crippen LogP contribution in [0, 0.1) is 20.2 Å². The van der Waals surface area contributed by atoms with Gasteiger partial charge in [0.25, 0.3) is 11.4 Å². The fourth-order valence-electron chi connectivity index (χ4n) is 3.66. The van der Waals surface area contributed by atoms with Crippen molar-refractivity contribution in [1.82, 2.24) is 0 Å². The van der Waals surface area contributed by atoms with E-state index in [1.165, 1.54) is 36.4 Å². The van der Waals surface area contributed by atoms with Crippen molar-refractivity contribution < 1.29 is 39.0 Å². The van der Waals surface area contributed by atoms with Crippen molar-refractivity contribution in [1.29, 1.82) is 0 Å². The molecule has 12 nitrogen and oxygen atoms in total. The van der Waals surface area contributed by atoms with Crippen LogP contribution in [0.5, 0.6) is 0 Å². The number of hydrogen-bond donors (Lipinski definition) is 2. The lowest BCUT2D eigenvalue weighted by Crippen LogP contribution is -2.54. The van der Waals surface area contributed by atoms with Crippen molar-refractivity contribution in [3.05, 3.63) is 79.9 Å². The molecule has 0 aliphatic carbocycles. The van der Waals surface area contributed by atoms with E-state index in [1.807, 2.05) is 0 Å². The summed E-state index contributed by atoms with van der Waals surface area (Å²) < 4.78 is 22.9. The zero-order chi connectivity index (χ0) is 22.8. The first-order chi connectivity index (χ1) is 15.4. The van der Waals surface area contributed by atoms with E-state index in [0.29, 0.717) is 11.1 Å². The highest BCUT2D eigenvalue weighted by Crippen LogP contribution is 2.37. The van der Waals surface area contributed by atoms with Gasteiger partial charge in [0.05, 0.1) is 23.1 Å². The van der Waals surface area contributed by atoms with Gasteiger partial charge >= 0.3 is 0 Å². The molecule has 0 spiro atoms. The Kier molecular flexibility index (Phi) is 6.41. The van der Waals surface area contributed by atoms with Crippen LogP contribution in [-0.4, -0.2) is 57.7 Å². The van der Waals surface area contributed by atoms with Gasteiger partial charge in [0.1, 0.15) is 24.4 Å². The minimum atomic E-state index is -1.27. The first kappa shape index (κ1) is 22.2. The molecule has 0 amide bonds. The molecule has 2 aromatic carbocycles. The van der Waals surface area contributed by atoms with Gasteiger partial charge < -0.3 is 29.2 Å². The van der Waals surface area contributed by atoms with Gasteiger partial charge in [-0.05, 0) is 0 Å². The fourth-order valence-corrected chi connectivity index (χ4v) is 3.66. The number of aliphatic hydroxyl groups is 2. The highest BCUT2D eigenvalue weighted by Gasteiger charge is 2.46. The summed E-state index contributed by atoms with van der Waals surface area (Å²) in [6.45, 7) is -0.511. The second-order valence-corrected chi connectivity index (χ2v) is 7.32. The van der Waals surface area contributed by atoms with Gasteiger partial charge in [-0.25, -0.2) is 0 Å². The van der Waals surface area contributed by atoms with E-state index < -0.39 is 53.4 Å². The number of nitrogens with zero attached hydrogens (tertiary/aromatic N) is 2. The predicted octanol–water partition coefficient (Wildman–Crippen LogP) is 1.75. The number of rotatable bonds is 6. The number of nitro groups is 2. The SMILES string of the molecule is O=[N+]([O-])c1cccc(C2O[C@@H]([C@H]3COC(c4cccc([N+](=O)[O-])c4)O3)[C@@H](O)[C@H](CO)O2)c1. The predicted molar refractivity (Wildman–Crippen MR) is 105 cm³/mol. The van der Waals surface area contributed by atoms with Crippen LogP contribution in [0.25, 0.3) is 0 Å². The van der Waals surface area contributed by atoms with E-state index in [-0.39, 0.29) is 18.0 Å². The third kappa shape index (κ3) is 4.46. The minimum absolute atomic E-state index is 0.00882. The van der Waals surface area contributed by atoms with Crippen LogP contribution in [0.15, 0.2) is 48.5 Å². The molecule has 12 heteroatoms. The van der Waals surface area contributed by atoms with E-state index in [2.05, 4.69) is 0 Å². The number of non-ortho nitro benzene ring substituents is 2. The molecular formula is C20H20N2O10. The first-order valence-corrected chi connectivity index (χ1v) is 9.73. The van der Waals surface area contributed by atoms with Crippen molar-refractivity contribution in [2.24, 2.45) is 0 Å². The summed E-state index contributed by atoms with van der Waals surface area (Å²) in [6.07, 6.45) is -6.09. The van der Waals surface area contributed by atoms with Crippen LogP contribution in [0.1, 0.15) is 23.7 Å². The van der Waals surface area contributed by atoms with E-state index in [4.69, 9.17) is 18.9 Å². The Hall–Kier alpha value is -3.00. The maximum Gasteiger partial charge on any atom is 0.269 e. The lowest BCUT2D eigenvalue weighted by atomic mass is 10.0. The molecule has 2 N–H and O–H groups in total. The van der Waals surface area contributed by atoms with Gasteiger partial charge in [-0.15, -0.1) is 0 Å².